The highest BCUT2D eigenvalue weighted by Gasteiger charge is 2.39. The van der Waals surface area contributed by atoms with Gasteiger partial charge in [-0.2, -0.15) is 0 Å². The average Bonchev–Trinajstić information content (AvgIpc) is 3.23. The molecule has 0 radical (unpaired) electrons. The summed E-state index contributed by atoms with van der Waals surface area (Å²) < 4.78 is 14.1. The number of carbonyl (C=O) groups excluding carboxylic acids is 2. The Morgan fingerprint density at radius 3 is 2.20 bits per heavy atom. The van der Waals surface area contributed by atoms with E-state index in [1.807, 2.05) is 6.07 Å². The zero-order valence-corrected chi connectivity index (χ0v) is 20.9. The topological polar surface area (TPSA) is 101 Å². The lowest BCUT2D eigenvalue weighted by molar-refractivity contribution is -0.137. The van der Waals surface area contributed by atoms with Crippen LogP contribution in [0.25, 0.3) is 10.4 Å². The number of nitrogens with zero attached hydrogens (tertiary/aromatic N) is 1. The molecule has 0 bridgehead atoms. The summed E-state index contributed by atoms with van der Waals surface area (Å²) in [4.78, 5) is 39.8. The highest BCUT2D eigenvalue weighted by Crippen LogP contribution is 2.32. The number of rotatable bonds is 10. The van der Waals surface area contributed by atoms with Gasteiger partial charge in [-0.15, -0.1) is 11.3 Å². The Kier molecular flexibility index (Phi) is 8.30. The normalized spacial score (nSPS) is 12.2. The van der Waals surface area contributed by atoms with Gasteiger partial charge < -0.3 is 15.7 Å². The smallest absolute Gasteiger partial charge is 0.303 e. The molecular weight excluding hydrogens is 491 g/mol. The van der Waals surface area contributed by atoms with E-state index >= 15 is 0 Å². The average molecular weight is 517 g/mol. The molecule has 3 rings (SSSR count). The summed E-state index contributed by atoms with van der Waals surface area (Å²) >= 11 is 7.44. The minimum atomic E-state index is -1.15. The molecule has 0 aliphatic rings. The molecule has 3 aromatic rings. The first-order chi connectivity index (χ1) is 16.5. The van der Waals surface area contributed by atoms with Crippen molar-refractivity contribution in [1.82, 2.24) is 4.90 Å². The summed E-state index contributed by atoms with van der Waals surface area (Å²) in [7, 11) is 0. The fourth-order valence-corrected chi connectivity index (χ4v) is 5.12. The highest BCUT2D eigenvalue weighted by molar-refractivity contribution is 7.19. The van der Waals surface area contributed by atoms with Crippen LogP contribution in [0.15, 0.2) is 60.7 Å². The van der Waals surface area contributed by atoms with Crippen LogP contribution < -0.4 is 5.73 Å². The fourth-order valence-electron chi connectivity index (χ4n) is 4.07. The Morgan fingerprint density at radius 1 is 1.06 bits per heavy atom. The molecule has 3 N–H and O–H groups in total. The van der Waals surface area contributed by atoms with Crippen LogP contribution in [0.4, 0.5) is 4.39 Å². The van der Waals surface area contributed by atoms with E-state index in [-0.39, 0.29) is 18.7 Å². The van der Waals surface area contributed by atoms with E-state index in [0.29, 0.717) is 16.3 Å². The molecule has 184 valence electrons. The number of benzene rings is 2. The van der Waals surface area contributed by atoms with Crippen molar-refractivity contribution in [3.8, 4) is 10.4 Å². The van der Waals surface area contributed by atoms with Crippen molar-refractivity contribution in [3.63, 3.8) is 0 Å². The maximum absolute atomic E-state index is 13.8. The van der Waals surface area contributed by atoms with E-state index in [2.05, 4.69) is 0 Å². The van der Waals surface area contributed by atoms with E-state index in [9.17, 15) is 23.9 Å². The molecule has 6 nitrogen and oxygen atoms in total. The lowest BCUT2D eigenvalue weighted by Gasteiger charge is -2.43. The van der Waals surface area contributed by atoms with Crippen molar-refractivity contribution < 1.29 is 23.9 Å². The third-order valence-electron chi connectivity index (χ3n) is 5.68. The Hall–Kier alpha value is -3.23. The Balaban J connectivity index is 1.98. The predicted molar refractivity (Wildman–Crippen MR) is 135 cm³/mol. The van der Waals surface area contributed by atoms with Crippen LogP contribution in [-0.2, 0) is 16.0 Å². The third-order valence-corrected chi connectivity index (χ3v) is 6.96. The molecule has 2 aromatic carbocycles. The van der Waals surface area contributed by atoms with Gasteiger partial charge in [-0.3, -0.25) is 14.4 Å². The van der Waals surface area contributed by atoms with Crippen molar-refractivity contribution in [3.05, 3.63) is 81.9 Å². The van der Waals surface area contributed by atoms with Gasteiger partial charge in [-0.1, -0.05) is 35.9 Å². The molecule has 0 saturated heterocycles. The lowest BCUT2D eigenvalue weighted by atomic mass is 9.89. The number of hydrogen-bond acceptors (Lipinski definition) is 4. The number of amides is 2. The quantitative estimate of drug-likeness (QED) is 0.377. The van der Waals surface area contributed by atoms with Gasteiger partial charge in [0.15, 0.2) is 0 Å². The number of aliphatic carboxylic acids is 1. The van der Waals surface area contributed by atoms with Crippen LogP contribution in [0.2, 0.25) is 4.34 Å². The second-order valence-electron chi connectivity index (χ2n) is 8.82. The van der Waals surface area contributed by atoms with Gasteiger partial charge in [-0.05, 0) is 74.2 Å². The van der Waals surface area contributed by atoms with Gasteiger partial charge in [-0.25, -0.2) is 4.39 Å². The minimum absolute atomic E-state index is 0.130. The SMILES string of the molecule is CC(C)(Cc1ccc(F)cc1)N(C(=O)c1ccc(-c2ccc(Cl)s2)cc1)[C@H](CCC(=O)O)C(N)=O. The van der Waals surface area contributed by atoms with E-state index in [4.69, 9.17) is 17.3 Å². The first-order valence-electron chi connectivity index (χ1n) is 10.9. The van der Waals surface area contributed by atoms with E-state index < -0.39 is 29.4 Å². The molecule has 0 saturated carbocycles. The molecule has 1 aromatic heterocycles. The lowest BCUT2D eigenvalue weighted by Crippen LogP contribution is -2.58. The van der Waals surface area contributed by atoms with Crippen molar-refractivity contribution in [2.75, 3.05) is 0 Å². The van der Waals surface area contributed by atoms with Crippen molar-refractivity contribution >= 4 is 40.7 Å². The van der Waals surface area contributed by atoms with E-state index in [0.717, 1.165) is 16.0 Å². The zero-order valence-electron chi connectivity index (χ0n) is 19.3. The third kappa shape index (κ3) is 6.68. The molecule has 0 aliphatic carbocycles. The number of hydrogen-bond donors (Lipinski definition) is 2. The summed E-state index contributed by atoms with van der Waals surface area (Å²) in [6.07, 6.45) is -0.168. The first kappa shape index (κ1) is 26.4. The molecule has 1 heterocycles. The standard InChI is InChI=1S/C26H26ClFN2O4S/c1-26(2,15-16-3-9-19(28)10-4-16)30(20(24(29)33)11-14-23(31)32)25(34)18-7-5-17(6-8-18)21-12-13-22(27)35-21/h3-10,12-13,20H,11,14-15H2,1-2H3,(H2,29,33)(H,31,32)/t20-/m1/s1. The highest BCUT2D eigenvalue weighted by atomic mass is 35.5. The predicted octanol–water partition coefficient (Wildman–Crippen LogP) is 5.39. The van der Waals surface area contributed by atoms with Crippen LogP contribution in [0, 0.1) is 5.82 Å². The summed E-state index contributed by atoms with van der Waals surface area (Å²) in [5.41, 5.74) is 6.67. The van der Waals surface area contributed by atoms with Crippen LogP contribution in [0.5, 0.6) is 0 Å². The second kappa shape index (κ2) is 11.0. The maximum atomic E-state index is 13.8. The molecular formula is C26H26ClFN2O4S. The molecule has 0 aliphatic heterocycles. The van der Waals surface area contributed by atoms with Crippen LogP contribution in [0.1, 0.15) is 42.6 Å². The van der Waals surface area contributed by atoms with Gasteiger partial charge in [0.2, 0.25) is 5.91 Å². The minimum Gasteiger partial charge on any atom is -0.481 e. The number of halogens is 2. The van der Waals surface area contributed by atoms with Gasteiger partial charge >= 0.3 is 5.97 Å². The number of thiophene rings is 1. The van der Waals surface area contributed by atoms with Gasteiger partial charge in [0.1, 0.15) is 11.9 Å². The zero-order chi connectivity index (χ0) is 25.8. The van der Waals surface area contributed by atoms with E-state index in [1.54, 1.807) is 56.3 Å². The summed E-state index contributed by atoms with van der Waals surface area (Å²) in [5.74, 6) is -2.74. The van der Waals surface area contributed by atoms with Crippen molar-refractivity contribution in [1.29, 1.82) is 0 Å². The summed E-state index contributed by atoms with van der Waals surface area (Å²) in [6.45, 7) is 3.54. The molecule has 0 fully saturated rings. The molecule has 2 amide bonds. The summed E-state index contributed by atoms with van der Waals surface area (Å²) in [6, 6.07) is 15.3. The van der Waals surface area contributed by atoms with Crippen LogP contribution in [-0.4, -0.2) is 39.4 Å². The number of carboxylic acid groups (broad SMARTS) is 1. The van der Waals surface area contributed by atoms with Gasteiger partial charge in [0, 0.05) is 22.4 Å². The Morgan fingerprint density at radius 2 is 1.69 bits per heavy atom. The number of carbonyl (C=O) groups is 3. The monoisotopic (exact) mass is 516 g/mol. The number of carboxylic acids is 1. The van der Waals surface area contributed by atoms with Crippen LogP contribution >= 0.6 is 22.9 Å². The number of nitrogens with two attached hydrogens (primary N) is 1. The summed E-state index contributed by atoms with van der Waals surface area (Å²) in [5, 5.41) is 9.19. The van der Waals surface area contributed by atoms with Crippen molar-refractivity contribution in [2.45, 2.75) is 44.7 Å². The molecule has 1 atom stereocenters. The largest absolute Gasteiger partial charge is 0.481 e. The Bertz CT molecular complexity index is 1210. The Labute approximate surface area is 212 Å². The molecule has 0 unspecified atom stereocenters. The fraction of sp³-hybridized carbons (Fsp3) is 0.269. The molecule has 9 heteroatoms. The molecule has 35 heavy (non-hydrogen) atoms. The van der Waals surface area contributed by atoms with Crippen LogP contribution in [0.3, 0.4) is 0 Å². The van der Waals surface area contributed by atoms with Gasteiger partial charge in [0.05, 0.1) is 4.34 Å². The number of primary amides is 1. The van der Waals surface area contributed by atoms with Gasteiger partial charge in [0.25, 0.3) is 5.91 Å². The second-order valence-corrected chi connectivity index (χ2v) is 10.5. The first-order valence-corrected chi connectivity index (χ1v) is 12.1. The maximum Gasteiger partial charge on any atom is 0.303 e. The van der Waals surface area contributed by atoms with E-state index in [1.165, 1.54) is 28.4 Å². The van der Waals surface area contributed by atoms with Crippen molar-refractivity contribution in [2.24, 2.45) is 5.73 Å². The molecule has 0 spiro atoms.